The number of nitrogens with zero attached hydrogens (tertiary/aromatic N) is 5. The van der Waals surface area contributed by atoms with Crippen LogP contribution in [0.25, 0.3) is 5.65 Å². The molecule has 124 valence electrons. The summed E-state index contributed by atoms with van der Waals surface area (Å²) >= 11 is 0. The maximum absolute atomic E-state index is 10.4. The summed E-state index contributed by atoms with van der Waals surface area (Å²) in [6.07, 6.45) is 9.74. The van der Waals surface area contributed by atoms with Crippen LogP contribution in [0.2, 0.25) is 0 Å². The van der Waals surface area contributed by atoms with E-state index in [2.05, 4.69) is 49.6 Å². The van der Waals surface area contributed by atoms with E-state index in [1.54, 1.807) is 18.6 Å². The van der Waals surface area contributed by atoms with Crippen molar-refractivity contribution in [2.45, 2.75) is 26.0 Å². The zero-order valence-corrected chi connectivity index (χ0v) is 13.7. The van der Waals surface area contributed by atoms with E-state index in [0.29, 0.717) is 6.54 Å². The maximum atomic E-state index is 10.4. The minimum atomic E-state index is -0.328. The number of aliphatic hydroxyl groups excluding tert-OH is 1. The van der Waals surface area contributed by atoms with Crippen LogP contribution in [0.15, 0.2) is 43.1 Å². The first-order valence-electron chi connectivity index (χ1n) is 8.27. The Morgan fingerprint density at radius 3 is 2.92 bits per heavy atom. The minimum Gasteiger partial charge on any atom is -0.391 e. The van der Waals surface area contributed by atoms with E-state index in [0.717, 1.165) is 36.5 Å². The summed E-state index contributed by atoms with van der Waals surface area (Å²) in [4.78, 5) is 15.3. The van der Waals surface area contributed by atoms with E-state index in [9.17, 15) is 5.11 Å². The number of aromatic nitrogens is 4. The molecule has 2 atom stereocenters. The molecule has 0 aliphatic carbocycles. The molecule has 1 N–H and O–H groups in total. The van der Waals surface area contributed by atoms with Crippen LogP contribution in [-0.4, -0.2) is 48.6 Å². The molecule has 1 saturated heterocycles. The molecule has 4 rings (SSSR count). The molecule has 4 heterocycles. The van der Waals surface area contributed by atoms with Crippen molar-refractivity contribution in [3.05, 3.63) is 60.1 Å². The zero-order valence-electron chi connectivity index (χ0n) is 13.7. The Labute approximate surface area is 140 Å². The SMILES string of the molecule is Cc1ccc2nc(CN3C[C@@H](Cc4cnccn4)[C@H](O)C3)cn2c1. The molecule has 1 aliphatic heterocycles. The summed E-state index contributed by atoms with van der Waals surface area (Å²) in [6, 6.07) is 4.11. The number of pyridine rings is 1. The van der Waals surface area contributed by atoms with Crippen molar-refractivity contribution in [2.24, 2.45) is 5.92 Å². The largest absolute Gasteiger partial charge is 0.391 e. The van der Waals surface area contributed by atoms with Gasteiger partial charge in [0.25, 0.3) is 0 Å². The van der Waals surface area contributed by atoms with Crippen LogP contribution in [0.3, 0.4) is 0 Å². The van der Waals surface area contributed by atoms with Gasteiger partial charge in [-0.3, -0.25) is 14.9 Å². The highest BCUT2D eigenvalue weighted by atomic mass is 16.3. The van der Waals surface area contributed by atoms with Gasteiger partial charge in [0.15, 0.2) is 0 Å². The molecular weight excluding hydrogens is 302 g/mol. The topological polar surface area (TPSA) is 66.5 Å². The second-order valence-electron chi connectivity index (χ2n) is 6.63. The lowest BCUT2D eigenvalue weighted by molar-refractivity contribution is 0.140. The number of β-amino-alcohol motifs (C(OH)–C–C–N with tert-alkyl or cyclic N) is 1. The number of hydrogen-bond acceptors (Lipinski definition) is 5. The highest BCUT2D eigenvalue weighted by Crippen LogP contribution is 2.22. The quantitative estimate of drug-likeness (QED) is 0.787. The summed E-state index contributed by atoms with van der Waals surface area (Å²) in [5, 5.41) is 10.4. The van der Waals surface area contributed by atoms with Gasteiger partial charge in [-0.2, -0.15) is 0 Å². The van der Waals surface area contributed by atoms with Crippen molar-refractivity contribution in [1.82, 2.24) is 24.3 Å². The summed E-state index contributed by atoms with van der Waals surface area (Å²) in [7, 11) is 0. The van der Waals surface area contributed by atoms with Crippen LogP contribution in [0.5, 0.6) is 0 Å². The van der Waals surface area contributed by atoms with Gasteiger partial charge in [0.1, 0.15) is 5.65 Å². The Morgan fingerprint density at radius 2 is 2.08 bits per heavy atom. The van der Waals surface area contributed by atoms with E-state index < -0.39 is 0 Å². The Hall–Kier alpha value is -2.31. The molecule has 6 heteroatoms. The van der Waals surface area contributed by atoms with Crippen molar-refractivity contribution in [1.29, 1.82) is 0 Å². The normalized spacial score (nSPS) is 21.6. The van der Waals surface area contributed by atoms with Gasteiger partial charge in [-0.05, 0) is 25.0 Å². The molecule has 0 radical (unpaired) electrons. The van der Waals surface area contributed by atoms with Gasteiger partial charge in [-0.25, -0.2) is 4.98 Å². The Balaban J connectivity index is 1.43. The molecule has 0 unspecified atom stereocenters. The van der Waals surface area contributed by atoms with E-state index in [1.165, 1.54) is 5.56 Å². The lowest BCUT2D eigenvalue weighted by Gasteiger charge is -2.13. The monoisotopic (exact) mass is 323 g/mol. The van der Waals surface area contributed by atoms with Crippen molar-refractivity contribution in [3.63, 3.8) is 0 Å². The molecule has 0 spiro atoms. The molecule has 6 nitrogen and oxygen atoms in total. The Bertz CT molecular complexity index is 832. The molecule has 0 aromatic carbocycles. The summed E-state index contributed by atoms with van der Waals surface area (Å²) in [5.41, 5.74) is 4.15. The Kier molecular flexibility index (Phi) is 4.00. The van der Waals surface area contributed by atoms with Crippen molar-refractivity contribution < 1.29 is 5.11 Å². The number of aliphatic hydroxyl groups is 1. The smallest absolute Gasteiger partial charge is 0.137 e. The number of aryl methyl sites for hydroxylation is 1. The summed E-state index contributed by atoms with van der Waals surface area (Å²) in [5.74, 6) is 0.195. The average Bonchev–Trinajstić information content (AvgIpc) is 3.11. The van der Waals surface area contributed by atoms with Crippen LogP contribution in [0.4, 0.5) is 0 Å². The third-order valence-electron chi connectivity index (χ3n) is 4.60. The van der Waals surface area contributed by atoms with Crippen LogP contribution in [0.1, 0.15) is 17.0 Å². The average molecular weight is 323 g/mol. The van der Waals surface area contributed by atoms with E-state index >= 15 is 0 Å². The van der Waals surface area contributed by atoms with Crippen molar-refractivity contribution in [3.8, 4) is 0 Å². The molecule has 3 aromatic heterocycles. The van der Waals surface area contributed by atoms with Crippen LogP contribution >= 0.6 is 0 Å². The van der Waals surface area contributed by atoms with E-state index in [4.69, 9.17) is 0 Å². The molecule has 0 amide bonds. The van der Waals surface area contributed by atoms with Gasteiger partial charge in [-0.1, -0.05) is 6.07 Å². The molecule has 0 bridgehead atoms. The van der Waals surface area contributed by atoms with E-state index in [1.807, 2.05) is 6.07 Å². The molecule has 3 aromatic rings. The highest BCUT2D eigenvalue weighted by molar-refractivity contribution is 5.41. The van der Waals surface area contributed by atoms with Crippen molar-refractivity contribution in [2.75, 3.05) is 13.1 Å². The first-order chi connectivity index (χ1) is 11.7. The zero-order chi connectivity index (χ0) is 16.5. The number of hydrogen-bond donors (Lipinski definition) is 1. The van der Waals surface area contributed by atoms with Gasteiger partial charge in [0.05, 0.1) is 17.5 Å². The maximum Gasteiger partial charge on any atom is 0.137 e. The third-order valence-corrected chi connectivity index (χ3v) is 4.60. The van der Waals surface area contributed by atoms with Gasteiger partial charge >= 0.3 is 0 Å². The Morgan fingerprint density at radius 1 is 1.17 bits per heavy atom. The molecule has 24 heavy (non-hydrogen) atoms. The first kappa shape index (κ1) is 15.2. The fourth-order valence-corrected chi connectivity index (χ4v) is 3.44. The fraction of sp³-hybridized carbons (Fsp3) is 0.389. The predicted octanol–water partition coefficient (Wildman–Crippen LogP) is 1.47. The number of rotatable bonds is 4. The molecule has 1 fully saturated rings. The predicted molar refractivity (Wildman–Crippen MR) is 90.4 cm³/mol. The van der Waals surface area contributed by atoms with Crippen molar-refractivity contribution >= 4 is 5.65 Å². The van der Waals surface area contributed by atoms with Gasteiger partial charge in [0.2, 0.25) is 0 Å². The third kappa shape index (κ3) is 3.16. The fourth-order valence-electron chi connectivity index (χ4n) is 3.44. The number of imidazole rings is 1. The van der Waals surface area contributed by atoms with Gasteiger partial charge in [-0.15, -0.1) is 0 Å². The first-order valence-corrected chi connectivity index (χ1v) is 8.27. The van der Waals surface area contributed by atoms with Crippen LogP contribution in [0, 0.1) is 12.8 Å². The second-order valence-corrected chi connectivity index (χ2v) is 6.63. The molecule has 0 saturated carbocycles. The summed E-state index contributed by atoms with van der Waals surface area (Å²) < 4.78 is 2.06. The lowest BCUT2D eigenvalue weighted by Crippen LogP contribution is -2.21. The van der Waals surface area contributed by atoms with Gasteiger partial charge in [0, 0.05) is 56.5 Å². The highest BCUT2D eigenvalue weighted by Gasteiger charge is 2.31. The van der Waals surface area contributed by atoms with Crippen LogP contribution in [-0.2, 0) is 13.0 Å². The van der Waals surface area contributed by atoms with Gasteiger partial charge < -0.3 is 9.51 Å². The number of likely N-dealkylation sites (tertiary alicyclic amines) is 1. The molecule has 1 aliphatic rings. The standard InChI is InChI=1S/C18H21N5O/c1-13-2-3-18-21-16(11-23(18)8-13)10-22-9-14(17(24)12-22)6-15-7-19-4-5-20-15/h2-5,7-8,11,14,17,24H,6,9-10,12H2,1H3/t14-,17-/m1/s1. The summed E-state index contributed by atoms with van der Waals surface area (Å²) in [6.45, 7) is 4.37. The number of fused-ring (bicyclic) bond motifs is 1. The molecular formula is C18H21N5O. The lowest BCUT2D eigenvalue weighted by atomic mass is 10.0. The van der Waals surface area contributed by atoms with E-state index in [-0.39, 0.29) is 12.0 Å². The minimum absolute atomic E-state index is 0.195. The van der Waals surface area contributed by atoms with Crippen LogP contribution < -0.4 is 0 Å². The second kappa shape index (κ2) is 6.30.